The molecule has 23 heavy (non-hydrogen) atoms. The van der Waals surface area contributed by atoms with Gasteiger partial charge in [0.2, 0.25) is 10.0 Å². The lowest BCUT2D eigenvalue weighted by Crippen LogP contribution is -2.46. The van der Waals surface area contributed by atoms with Gasteiger partial charge in [-0.25, -0.2) is 8.42 Å². The van der Waals surface area contributed by atoms with Gasteiger partial charge in [0.15, 0.2) is 0 Å². The van der Waals surface area contributed by atoms with Crippen LogP contribution in [0.3, 0.4) is 0 Å². The fourth-order valence-electron chi connectivity index (χ4n) is 3.50. The number of benzene rings is 1. The highest BCUT2D eigenvalue weighted by atomic mass is 32.2. The van der Waals surface area contributed by atoms with Crippen LogP contribution < -0.4 is 5.32 Å². The largest absolute Gasteiger partial charge is 0.317 e. The molecule has 1 aliphatic heterocycles. The summed E-state index contributed by atoms with van der Waals surface area (Å²) in [6.07, 6.45) is 2.62. The molecule has 0 spiro atoms. The predicted octanol–water partition coefficient (Wildman–Crippen LogP) is 3.07. The van der Waals surface area contributed by atoms with Gasteiger partial charge in [-0.2, -0.15) is 4.31 Å². The third kappa shape index (κ3) is 3.62. The van der Waals surface area contributed by atoms with Gasteiger partial charge in [0.1, 0.15) is 0 Å². The minimum absolute atomic E-state index is 0.112. The maximum Gasteiger partial charge on any atom is 0.243 e. The highest BCUT2D eigenvalue weighted by molar-refractivity contribution is 7.89. The van der Waals surface area contributed by atoms with Crippen molar-refractivity contribution in [3.63, 3.8) is 0 Å². The number of hydrogen-bond acceptors (Lipinski definition) is 3. The normalized spacial score (nSPS) is 17.0. The number of nitrogens with zero attached hydrogens (tertiary/aromatic N) is 1. The molecule has 0 radical (unpaired) electrons. The van der Waals surface area contributed by atoms with E-state index in [1.54, 1.807) is 4.31 Å². The minimum atomic E-state index is -3.46. The van der Waals surface area contributed by atoms with Crippen molar-refractivity contribution in [2.24, 2.45) is 0 Å². The van der Waals surface area contributed by atoms with E-state index in [2.05, 4.69) is 11.4 Å². The Balaban J connectivity index is 2.54. The maximum atomic E-state index is 13.5. The number of aryl methyl sites for hydroxylation is 2. The van der Waals surface area contributed by atoms with Crippen LogP contribution in [0.2, 0.25) is 0 Å². The van der Waals surface area contributed by atoms with E-state index >= 15 is 0 Å². The molecule has 0 aliphatic carbocycles. The lowest BCUT2D eigenvalue weighted by atomic mass is 10.0. The van der Waals surface area contributed by atoms with Crippen LogP contribution in [-0.4, -0.2) is 38.4 Å². The summed E-state index contributed by atoms with van der Waals surface area (Å²) < 4.78 is 28.7. The van der Waals surface area contributed by atoms with Crippen LogP contribution in [0.1, 0.15) is 48.4 Å². The quantitative estimate of drug-likeness (QED) is 0.897. The lowest BCUT2D eigenvalue weighted by molar-refractivity contribution is 0.262. The Labute approximate surface area is 141 Å². The maximum absolute atomic E-state index is 13.5. The van der Waals surface area contributed by atoms with E-state index in [0.29, 0.717) is 11.4 Å². The molecule has 1 heterocycles. The SMILES string of the molecule is CCCN(C1CCNCC1)S(=O)(=O)c1c(C)c(C)cc(C)c1C. The van der Waals surface area contributed by atoms with Gasteiger partial charge in [-0.3, -0.25) is 0 Å². The number of sulfonamides is 1. The average molecular weight is 339 g/mol. The van der Waals surface area contributed by atoms with Crippen LogP contribution >= 0.6 is 0 Å². The molecule has 0 aromatic heterocycles. The van der Waals surface area contributed by atoms with Crippen LogP contribution in [0.25, 0.3) is 0 Å². The van der Waals surface area contributed by atoms with Crippen molar-refractivity contribution in [3.8, 4) is 0 Å². The first-order chi connectivity index (χ1) is 10.8. The van der Waals surface area contributed by atoms with E-state index in [1.807, 2.05) is 34.6 Å². The lowest BCUT2D eigenvalue weighted by Gasteiger charge is -2.34. The third-order valence-electron chi connectivity index (χ3n) is 5.02. The van der Waals surface area contributed by atoms with Crippen molar-refractivity contribution >= 4 is 10.0 Å². The van der Waals surface area contributed by atoms with Crippen molar-refractivity contribution in [1.29, 1.82) is 0 Å². The van der Waals surface area contributed by atoms with Gasteiger partial charge in [0.25, 0.3) is 0 Å². The first kappa shape index (κ1) is 18.4. The number of piperidine rings is 1. The molecule has 1 aromatic carbocycles. The zero-order valence-electron chi connectivity index (χ0n) is 15.1. The molecule has 0 amide bonds. The molecule has 1 aromatic rings. The zero-order valence-corrected chi connectivity index (χ0v) is 15.9. The Morgan fingerprint density at radius 1 is 1.09 bits per heavy atom. The summed E-state index contributed by atoms with van der Waals surface area (Å²) in [4.78, 5) is 0.530. The van der Waals surface area contributed by atoms with Crippen LogP contribution in [0.4, 0.5) is 0 Å². The Hall–Kier alpha value is -0.910. The zero-order chi connectivity index (χ0) is 17.2. The third-order valence-corrected chi connectivity index (χ3v) is 7.25. The Kier molecular flexibility index (Phi) is 5.87. The predicted molar refractivity (Wildman–Crippen MR) is 95.5 cm³/mol. The van der Waals surface area contributed by atoms with Crippen molar-refractivity contribution < 1.29 is 8.42 Å². The molecular weight excluding hydrogens is 308 g/mol. The molecule has 0 saturated carbocycles. The molecule has 0 unspecified atom stereocenters. The summed E-state index contributed by atoms with van der Waals surface area (Å²) in [6.45, 7) is 12.3. The summed E-state index contributed by atoms with van der Waals surface area (Å²) in [7, 11) is -3.46. The molecule has 0 bridgehead atoms. The van der Waals surface area contributed by atoms with Gasteiger partial charge in [-0.1, -0.05) is 13.0 Å². The summed E-state index contributed by atoms with van der Waals surface area (Å²) >= 11 is 0. The molecule has 1 saturated heterocycles. The second kappa shape index (κ2) is 7.32. The van der Waals surface area contributed by atoms with Crippen molar-refractivity contribution in [2.45, 2.75) is 64.8 Å². The van der Waals surface area contributed by atoms with Crippen molar-refractivity contribution in [2.75, 3.05) is 19.6 Å². The molecular formula is C18H30N2O2S. The van der Waals surface area contributed by atoms with Crippen LogP contribution in [0, 0.1) is 27.7 Å². The highest BCUT2D eigenvalue weighted by Gasteiger charge is 2.34. The average Bonchev–Trinajstić information content (AvgIpc) is 2.51. The molecule has 1 N–H and O–H groups in total. The van der Waals surface area contributed by atoms with Gasteiger partial charge in [0.05, 0.1) is 4.90 Å². The molecule has 1 fully saturated rings. The Morgan fingerprint density at radius 3 is 2.09 bits per heavy atom. The monoisotopic (exact) mass is 338 g/mol. The second-order valence-electron chi connectivity index (χ2n) is 6.69. The smallest absolute Gasteiger partial charge is 0.243 e. The van der Waals surface area contributed by atoms with Gasteiger partial charge >= 0.3 is 0 Å². The van der Waals surface area contributed by atoms with E-state index < -0.39 is 10.0 Å². The molecule has 5 heteroatoms. The molecule has 4 nitrogen and oxygen atoms in total. The van der Waals surface area contributed by atoms with E-state index in [9.17, 15) is 8.42 Å². The summed E-state index contributed by atoms with van der Waals surface area (Å²) in [6, 6.07) is 2.19. The van der Waals surface area contributed by atoms with Crippen molar-refractivity contribution in [3.05, 3.63) is 28.3 Å². The van der Waals surface area contributed by atoms with E-state index in [4.69, 9.17) is 0 Å². The fourth-order valence-corrected chi connectivity index (χ4v) is 5.86. The standard InChI is InChI=1S/C18H30N2O2S/c1-6-11-20(17-7-9-19-10-8-17)23(21,22)18-15(4)13(2)12-14(3)16(18)5/h12,17,19H,6-11H2,1-5H3. The first-order valence-corrected chi connectivity index (χ1v) is 10.0. The summed E-state index contributed by atoms with van der Waals surface area (Å²) in [5.74, 6) is 0. The number of rotatable bonds is 5. The van der Waals surface area contributed by atoms with Crippen LogP contribution in [0.15, 0.2) is 11.0 Å². The van der Waals surface area contributed by atoms with Gasteiger partial charge in [-0.15, -0.1) is 0 Å². The number of nitrogens with one attached hydrogen (secondary N) is 1. The van der Waals surface area contributed by atoms with Gasteiger partial charge < -0.3 is 5.32 Å². The minimum Gasteiger partial charge on any atom is -0.317 e. The van der Waals surface area contributed by atoms with E-state index in [-0.39, 0.29) is 6.04 Å². The molecule has 0 atom stereocenters. The summed E-state index contributed by atoms with van der Waals surface area (Å²) in [5.41, 5.74) is 3.88. The van der Waals surface area contributed by atoms with E-state index in [1.165, 1.54) is 0 Å². The topological polar surface area (TPSA) is 49.4 Å². The van der Waals surface area contributed by atoms with Gasteiger partial charge in [0, 0.05) is 12.6 Å². The highest BCUT2D eigenvalue weighted by Crippen LogP contribution is 2.31. The van der Waals surface area contributed by atoms with E-state index in [0.717, 1.165) is 54.6 Å². The van der Waals surface area contributed by atoms with Gasteiger partial charge in [-0.05, 0) is 82.3 Å². The van der Waals surface area contributed by atoms with Crippen LogP contribution in [-0.2, 0) is 10.0 Å². The first-order valence-electron chi connectivity index (χ1n) is 8.60. The van der Waals surface area contributed by atoms with Crippen molar-refractivity contribution in [1.82, 2.24) is 9.62 Å². The molecule has 1 aliphatic rings. The fraction of sp³-hybridized carbons (Fsp3) is 0.667. The summed E-state index contributed by atoms with van der Waals surface area (Å²) in [5, 5.41) is 3.32. The Bertz CT molecular complexity index is 636. The molecule has 2 rings (SSSR count). The number of hydrogen-bond donors (Lipinski definition) is 1. The Morgan fingerprint density at radius 2 is 1.61 bits per heavy atom. The second-order valence-corrected chi connectivity index (χ2v) is 8.51. The van der Waals surface area contributed by atoms with Crippen LogP contribution in [0.5, 0.6) is 0 Å². The molecule has 130 valence electrons.